The van der Waals surface area contributed by atoms with Gasteiger partial charge in [0.25, 0.3) is 0 Å². The molecule has 0 aromatic carbocycles. The van der Waals surface area contributed by atoms with Crippen LogP contribution in [0.3, 0.4) is 0 Å². The molecule has 0 radical (unpaired) electrons. The van der Waals surface area contributed by atoms with E-state index in [1.54, 1.807) is 6.92 Å². The van der Waals surface area contributed by atoms with Crippen LogP contribution in [0.25, 0.3) is 0 Å². The first-order valence-corrected chi connectivity index (χ1v) is 6.19. The minimum atomic E-state index is -0.362. The van der Waals surface area contributed by atoms with E-state index in [4.69, 9.17) is 5.73 Å². The summed E-state index contributed by atoms with van der Waals surface area (Å²) in [5.74, 6) is 0.0886. The summed E-state index contributed by atoms with van der Waals surface area (Å²) in [6.07, 6.45) is 2.13. The number of likely N-dealkylation sites (tertiary alicyclic amines) is 1. The number of hydrogen-bond donors (Lipinski definition) is 1. The summed E-state index contributed by atoms with van der Waals surface area (Å²) >= 11 is 0. The number of rotatable bonds is 3. The fourth-order valence-electron chi connectivity index (χ4n) is 2.20. The van der Waals surface area contributed by atoms with Gasteiger partial charge in [0.1, 0.15) is 0 Å². The Labute approximate surface area is 98.8 Å². The predicted molar refractivity (Wildman–Crippen MR) is 66.2 cm³/mol. The van der Waals surface area contributed by atoms with Crippen LogP contribution in [0.4, 0.5) is 0 Å². The Balaban J connectivity index is 2.42. The molecule has 1 atom stereocenters. The van der Waals surface area contributed by atoms with Gasteiger partial charge in [0.15, 0.2) is 0 Å². The number of nitrogens with two attached hydrogens (primary N) is 1. The van der Waals surface area contributed by atoms with Gasteiger partial charge in [-0.25, -0.2) is 0 Å². The molecule has 0 aliphatic carbocycles. The summed E-state index contributed by atoms with van der Waals surface area (Å²) in [4.78, 5) is 16.0. The van der Waals surface area contributed by atoms with Crippen molar-refractivity contribution in [3.05, 3.63) is 0 Å². The van der Waals surface area contributed by atoms with Crippen LogP contribution < -0.4 is 5.73 Å². The highest BCUT2D eigenvalue weighted by Crippen LogP contribution is 2.17. The Bertz CT molecular complexity index is 232. The third-order valence-electron chi connectivity index (χ3n) is 3.56. The lowest BCUT2D eigenvalue weighted by Gasteiger charge is -2.39. The molecule has 4 heteroatoms. The summed E-state index contributed by atoms with van der Waals surface area (Å²) in [6, 6.07) is 0.817. The van der Waals surface area contributed by atoms with E-state index in [9.17, 15) is 4.79 Å². The lowest BCUT2D eigenvalue weighted by Crippen LogP contribution is -2.50. The van der Waals surface area contributed by atoms with Crippen molar-refractivity contribution in [2.45, 2.75) is 51.7 Å². The van der Waals surface area contributed by atoms with Crippen molar-refractivity contribution in [3.8, 4) is 0 Å². The standard InChI is InChI=1S/C12H25N3O/c1-9(2)14(4)11-5-7-15(8-6-11)12(16)10(3)13/h9-11H,5-8,13H2,1-4H3. The Morgan fingerprint density at radius 1 is 1.31 bits per heavy atom. The van der Waals surface area contributed by atoms with Crippen molar-refractivity contribution in [2.24, 2.45) is 5.73 Å². The molecule has 16 heavy (non-hydrogen) atoms. The Kier molecular flexibility index (Phi) is 4.74. The third-order valence-corrected chi connectivity index (χ3v) is 3.56. The van der Waals surface area contributed by atoms with Crippen LogP contribution in [0.5, 0.6) is 0 Å². The molecule has 1 rings (SSSR count). The topological polar surface area (TPSA) is 49.6 Å². The number of hydrogen-bond acceptors (Lipinski definition) is 3. The van der Waals surface area contributed by atoms with Gasteiger partial charge in [-0.05, 0) is 40.7 Å². The average molecular weight is 227 g/mol. The molecule has 0 spiro atoms. The van der Waals surface area contributed by atoms with Crippen molar-refractivity contribution in [1.29, 1.82) is 0 Å². The first-order chi connectivity index (χ1) is 7.43. The maximum Gasteiger partial charge on any atom is 0.239 e. The Morgan fingerprint density at radius 2 is 1.81 bits per heavy atom. The fourth-order valence-corrected chi connectivity index (χ4v) is 2.20. The quantitative estimate of drug-likeness (QED) is 0.771. The van der Waals surface area contributed by atoms with Gasteiger partial charge in [0.2, 0.25) is 5.91 Å². The molecule has 0 aromatic heterocycles. The molecule has 1 aliphatic heterocycles. The fraction of sp³-hybridized carbons (Fsp3) is 0.917. The zero-order chi connectivity index (χ0) is 12.3. The van der Waals surface area contributed by atoms with Crippen molar-refractivity contribution >= 4 is 5.91 Å². The van der Waals surface area contributed by atoms with Crippen molar-refractivity contribution in [3.63, 3.8) is 0 Å². The smallest absolute Gasteiger partial charge is 0.239 e. The summed E-state index contributed by atoms with van der Waals surface area (Å²) in [5, 5.41) is 0. The van der Waals surface area contributed by atoms with E-state index in [0.29, 0.717) is 12.1 Å². The van der Waals surface area contributed by atoms with Crippen LogP contribution in [0.2, 0.25) is 0 Å². The summed E-state index contributed by atoms with van der Waals surface area (Å²) in [7, 11) is 2.17. The first-order valence-electron chi connectivity index (χ1n) is 6.19. The van der Waals surface area contributed by atoms with Gasteiger partial charge in [0, 0.05) is 25.2 Å². The van der Waals surface area contributed by atoms with E-state index >= 15 is 0 Å². The second-order valence-electron chi connectivity index (χ2n) is 5.10. The maximum atomic E-state index is 11.7. The highest BCUT2D eigenvalue weighted by atomic mass is 16.2. The highest BCUT2D eigenvalue weighted by molar-refractivity contribution is 5.81. The summed E-state index contributed by atoms with van der Waals surface area (Å²) in [6.45, 7) is 7.87. The molecular weight excluding hydrogens is 202 g/mol. The number of carbonyl (C=O) groups excluding carboxylic acids is 1. The average Bonchev–Trinajstić information content (AvgIpc) is 2.27. The van der Waals surface area contributed by atoms with E-state index in [1.807, 2.05) is 4.90 Å². The van der Waals surface area contributed by atoms with Crippen LogP contribution >= 0.6 is 0 Å². The SMILES string of the molecule is CC(N)C(=O)N1CCC(N(C)C(C)C)CC1. The van der Waals surface area contributed by atoms with Crippen molar-refractivity contribution < 1.29 is 4.79 Å². The van der Waals surface area contributed by atoms with E-state index in [2.05, 4.69) is 25.8 Å². The zero-order valence-corrected chi connectivity index (χ0v) is 10.9. The molecule has 1 fully saturated rings. The van der Waals surface area contributed by atoms with E-state index in [-0.39, 0.29) is 11.9 Å². The van der Waals surface area contributed by atoms with Crippen LogP contribution in [0, 0.1) is 0 Å². The molecule has 94 valence electrons. The van der Waals surface area contributed by atoms with E-state index in [0.717, 1.165) is 25.9 Å². The molecule has 0 saturated carbocycles. The van der Waals surface area contributed by atoms with Gasteiger partial charge >= 0.3 is 0 Å². The van der Waals surface area contributed by atoms with Crippen LogP contribution in [0.1, 0.15) is 33.6 Å². The lowest BCUT2D eigenvalue weighted by atomic mass is 10.0. The maximum absolute atomic E-state index is 11.7. The monoisotopic (exact) mass is 227 g/mol. The van der Waals surface area contributed by atoms with Gasteiger partial charge in [0.05, 0.1) is 6.04 Å². The summed E-state index contributed by atoms with van der Waals surface area (Å²) in [5.41, 5.74) is 5.61. The Morgan fingerprint density at radius 3 is 2.19 bits per heavy atom. The van der Waals surface area contributed by atoms with Crippen LogP contribution in [-0.4, -0.2) is 54.0 Å². The highest BCUT2D eigenvalue weighted by Gasteiger charge is 2.27. The summed E-state index contributed by atoms with van der Waals surface area (Å²) < 4.78 is 0. The van der Waals surface area contributed by atoms with Gasteiger partial charge in [-0.3, -0.25) is 4.79 Å². The molecule has 1 amide bonds. The molecule has 0 aromatic rings. The van der Waals surface area contributed by atoms with Gasteiger partial charge < -0.3 is 15.5 Å². The van der Waals surface area contributed by atoms with Gasteiger partial charge in [-0.2, -0.15) is 0 Å². The third kappa shape index (κ3) is 3.19. The van der Waals surface area contributed by atoms with Crippen LogP contribution in [-0.2, 0) is 4.79 Å². The normalized spacial score (nSPS) is 20.6. The molecule has 1 saturated heterocycles. The van der Waals surface area contributed by atoms with E-state index < -0.39 is 0 Å². The molecule has 1 heterocycles. The largest absolute Gasteiger partial charge is 0.341 e. The van der Waals surface area contributed by atoms with Gasteiger partial charge in [-0.15, -0.1) is 0 Å². The molecule has 1 aliphatic rings. The predicted octanol–water partition coefficient (Wildman–Crippen LogP) is 0.665. The molecule has 2 N–H and O–H groups in total. The van der Waals surface area contributed by atoms with Gasteiger partial charge in [-0.1, -0.05) is 0 Å². The molecular formula is C12H25N3O. The number of amides is 1. The number of piperidine rings is 1. The number of nitrogens with zero attached hydrogens (tertiary/aromatic N) is 2. The molecule has 1 unspecified atom stereocenters. The second-order valence-corrected chi connectivity index (χ2v) is 5.10. The minimum Gasteiger partial charge on any atom is -0.341 e. The van der Waals surface area contributed by atoms with Crippen LogP contribution in [0.15, 0.2) is 0 Å². The van der Waals surface area contributed by atoms with Crippen molar-refractivity contribution in [2.75, 3.05) is 20.1 Å². The van der Waals surface area contributed by atoms with E-state index in [1.165, 1.54) is 0 Å². The number of carbonyl (C=O) groups is 1. The zero-order valence-electron chi connectivity index (χ0n) is 10.9. The Hall–Kier alpha value is -0.610. The first kappa shape index (κ1) is 13.5. The lowest BCUT2D eigenvalue weighted by molar-refractivity contribution is -0.133. The minimum absolute atomic E-state index is 0.0886. The molecule has 4 nitrogen and oxygen atoms in total. The molecule has 0 bridgehead atoms. The second kappa shape index (κ2) is 5.64. The van der Waals surface area contributed by atoms with Crippen molar-refractivity contribution in [1.82, 2.24) is 9.80 Å².